The van der Waals surface area contributed by atoms with Crippen molar-refractivity contribution >= 4 is 17.4 Å². The predicted molar refractivity (Wildman–Crippen MR) is 62.3 cm³/mol. The number of nitrogens with two attached hydrogens (primary N) is 2. The van der Waals surface area contributed by atoms with Crippen molar-refractivity contribution in [2.24, 2.45) is 5.73 Å². The molecule has 1 aromatic rings. The smallest absolute Gasteiger partial charge is 0.125 e. The van der Waals surface area contributed by atoms with Crippen molar-refractivity contribution in [3.8, 4) is 0 Å². The molecule has 82 valence electrons. The summed E-state index contributed by atoms with van der Waals surface area (Å²) < 4.78 is 12.8. The first-order valence-corrected chi connectivity index (χ1v) is 6.02. The van der Waals surface area contributed by atoms with Crippen LogP contribution in [-0.4, -0.2) is 11.3 Å². The Hall–Kier alpha value is -0.740. The lowest BCUT2D eigenvalue weighted by Crippen LogP contribution is -2.26. The van der Waals surface area contributed by atoms with Crippen LogP contribution in [-0.2, 0) is 0 Å². The van der Waals surface area contributed by atoms with E-state index < -0.39 is 0 Å². The zero-order chi connectivity index (χ0) is 10.8. The molecule has 4 N–H and O–H groups in total. The molecule has 1 fully saturated rings. The molecular weight excluding hydrogens is 211 g/mol. The van der Waals surface area contributed by atoms with Gasteiger partial charge in [-0.2, -0.15) is 0 Å². The average Bonchev–Trinajstić information content (AvgIpc) is 2.57. The third kappa shape index (κ3) is 2.44. The maximum atomic E-state index is 12.8. The van der Waals surface area contributed by atoms with Crippen LogP contribution in [0.5, 0.6) is 0 Å². The first-order chi connectivity index (χ1) is 7.16. The number of hydrogen-bond donors (Lipinski definition) is 2. The molecule has 4 heteroatoms. The molecule has 2 nitrogen and oxygen atoms in total. The molecule has 1 aliphatic rings. The molecule has 2 unspecified atom stereocenters. The lowest BCUT2D eigenvalue weighted by molar-refractivity contribution is 0.627. The van der Waals surface area contributed by atoms with E-state index in [0.717, 1.165) is 17.7 Å². The Kier molecular flexibility index (Phi) is 3.17. The lowest BCUT2D eigenvalue weighted by atomic mass is 10.3. The molecule has 0 aliphatic heterocycles. The number of anilines is 1. The maximum Gasteiger partial charge on any atom is 0.125 e. The molecule has 0 bridgehead atoms. The van der Waals surface area contributed by atoms with Crippen LogP contribution in [0.3, 0.4) is 0 Å². The largest absolute Gasteiger partial charge is 0.398 e. The normalized spacial score (nSPS) is 25.7. The molecule has 0 amide bonds. The molecule has 0 heterocycles. The molecule has 15 heavy (non-hydrogen) atoms. The van der Waals surface area contributed by atoms with Crippen LogP contribution in [0.4, 0.5) is 10.1 Å². The summed E-state index contributed by atoms with van der Waals surface area (Å²) in [6, 6.07) is 4.79. The fraction of sp³-hybridized carbons (Fsp3) is 0.455. The van der Waals surface area contributed by atoms with Crippen molar-refractivity contribution in [3.63, 3.8) is 0 Å². The monoisotopic (exact) mass is 226 g/mol. The van der Waals surface area contributed by atoms with E-state index in [4.69, 9.17) is 11.5 Å². The van der Waals surface area contributed by atoms with Gasteiger partial charge in [-0.3, -0.25) is 0 Å². The Labute approximate surface area is 93.2 Å². The zero-order valence-corrected chi connectivity index (χ0v) is 9.27. The Morgan fingerprint density at radius 3 is 2.73 bits per heavy atom. The lowest BCUT2D eigenvalue weighted by Gasteiger charge is -2.15. The molecule has 1 aromatic carbocycles. The van der Waals surface area contributed by atoms with Crippen molar-refractivity contribution in [2.45, 2.75) is 35.4 Å². The standard InChI is InChI=1S/C11H15FN2S/c12-7-4-5-11(9(14)6-7)15-10-3-1-2-8(10)13/h4-6,8,10H,1-3,13-14H2. The molecule has 2 atom stereocenters. The highest BCUT2D eigenvalue weighted by molar-refractivity contribution is 8.00. The van der Waals surface area contributed by atoms with E-state index in [0.29, 0.717) is 10.9 Å². The summed E-state index contributed by atoms with van der Waals surface area (Å²) in [5.74, 6) is -0.285. The van der Waals surface area contributed by atoms with Crippen molar-refractivity contribution in [2.75, 3.05) is 5.73 Å². The number of halogens is 1. The molecule has 0 aromatic heterocycles. The van der Waals surface area contributed by atoms with Crippen LogP contribution in [0.2, 0.25) is 0 Å². The molecule has 1 aliphatic carbocycles. The fourth-order valence-electron chi connectivity index (χ4n) is 1.89. The van der Waals surface area contributed by atoms with E-state index >= 15 is 0 Å². The Morgan fingerprint density at radius 1 is 1.33 bits per heavy atom. The van der Waals surface area contributed by atoms with Crippen molar-refractivity contribution in [3.05, 3.63) is 24.0 Å². The van der Waals surface area contributed by atoms with E-state index in [1.165, 1.54) is 18.6 Å². The summed E-state index contributed by atoms with van der Waals surface area (Å²) in [6.45, 7) is 0. The van der Waals surface area contributed by atoms with Gasteiger partial charge >= 0.3 is 0 Å². The summed E-state index contributed by atoms with van der Waals surface area (Å²) >= 11 is 1.68. The van der Waals surface area contributed by atoms with Gasteiger partial charge in [-0.25, -0.2) is 4.39 Å². The second-order valence-electron chi connectivity index (χ2n) is 3.93. The quantitative estimate of drug-likeness (QED) is 0.761. The van der Waals surface area contributed by atoms with E-state index in [-0.39, 0.29) is 11.9 Å². The van der Waals surface area contributed by atoms with Crippen LogP contribution in [0.25, 0.3) is 0 Å². The second kappa shape index (κ2) is 4.41. The minimum absolute atomic E-state index is 0.249. The zero-order valence-electron chi connectivity index (χ0n) is 8.45. The van der Waals surface area contributed by atoms with Crippen molar-refractivity contribution in [1.29, 1.82) is 0 Å². The first kappa shape index (κ1) is 10.8. The van der Waals surface area contributed by atoms with Gasteiger partial charge in [0.1, 0.15) is 5.82 Å². The first-order valence-electron chi connectivity index (χ1n) is 5.14. The van der Waals surface area contributed by atoms with Gasteiger partial charge in [-0.05, 0) is 31.0 Å². The predicted octanol–water partition coefficient (Wildman–Crippen LogP) is 2.38. The number of rotatable bonds is 2. The van der Waals surface area contributed by atoms with Gasteiger partial charge in [0.15, 0.2) is 0 Å². The number of thioether (sulfide) groups is 1. The van der Waals surface area contributed by atoms with Crippen LogP contribution < -0.4 is 11.5 Å². The van der Waals surface area contributed by atoms with Crippen LogP contribution in [0, 0.1) is 5.82 Å². The summed E-state index contributed by atoms with van der Waals surface area (Å²) in [5.41, 5.74) is 12.2. The third-order valence-corrected chi connectivity index (χ3v) is 4.27. The number of benzene rings is 1. The molecule has 2 rings (SSSR count). The second-order valence-corrected chi connectivity index (χ2v) is 5.21. The van der Waals surface area contributed by atoms with E-state index in [2.05, 4.69) is 0 Å². The van der Waals surface area contributed by atoms with Gasteiger partial charge < -0.3 is 11.5 Å². The minimum Gasteiger partial charge on any atom is -0.398 e. The van der Waals surface area contributed by atoms with Crippen molar-refractivity contribution < 1.29 is 4.39 Å². The Bertz CT molecular complexity index is 356. The SMILES string of the molecule is Nc1cc(F)ccc1SC1CCCC1N. The highest BCUT2D eigenvalue weighted by atomic mass is 32.2. The minimum atomic E-state index is -0.285. The molecule has 0 spiro atoms. The van der Waals surface area contributed by atoms with Crippen molar-refractivity contribution in [1.82, 2.24) is 0 Å². The third-order valence-electron chi connectivity index (χ3n) is 2.75. The van der Waals surface area contributed by atoms with Gasteiger partial charge in [-0.15, -0.1) is 11.8 Å². The topological polar surface area (TPSA) is 52.0 Å². The van der Waals surface area contributed by atoms with Gasteiger partial charge in [0.25, 0.3) is 0 Å². The van der Waals surface area contributed by atoms with E-state index in [1.807, 2.05) is 0 Å². The van der Waals surface area contributed by atoms with Crippen LogP contribution in [0.15, 0.2) is 23.1 Å². The molecule has 1 saturated carbocycles. The number of hydrogen-bond acceptors (Lipinski definition) is 3. The Morgan fingerprint density at radius 2 is 2.13 bits per heavy atom. The fourth-order valence-corrected chi connectivity index (χ4v) is 3.15. The summed E-state index contributed by atoms with van der Waals surface area (Å²) in [5, 5.41) is 0.428. The molecule has 0 saturated heterocycles. The van der Waals surface area contributed by atoms with E-state index in [9.17, 15) is 4.39 Å². The van der Waals surface area contributed by atoms with Crippen LogP contribution >= 0.6 is 11.8 Å². The highest BCUT2D eigenvalue weighted by Gasteiger charge is 2.25. The summed E-state index contributed by atoms with van der Waals surface area (Å²) in [7, 11) is 0. The van der Waals surface area contributed by atoms with Crippen LogP contribution in [0.1, 0.15) is 19.3 Å². The summed E-state index contributed by atoms with van der Waals surface area (Å²) in [6.07, 6.45) is 3.39. The van der Waals surface area contributed by atoms with Gasteiger partial charge in [0, 0.05) is 21.9 Å². The number of nitrogen functional groups attached to an aromatic ring is 1. The van der Waals surface area contributed by atoms with Gasteiger partial charge in [0.05, 0.1) is 0 Å². The maximum absolute atomic E-state index is 12.8. The average molecular weight is 226 g/mol. The highest BCUT2D eigenvalue weighted by Crippen LogP contribution is 2.36. The van der Waals surface area contributed by atoms with Gasteiger partial charge in [-0.1, -0.05) is 6.42 Å². The molecule has 0 radical (unpaired) electrons. The Balaban J connectivity index is 2.10. The molecular formula is C11H15FN2S. The van der Waals surface area contributed by atoms with Gasteiger partial charge in [0.2, 0.25) is 0 Å². The van der Waals surface area contributed by atoms with E-state index in [1.54, 1.807) is 17.8 Å². The summed E-state index contributed by atoms with van der Waals surface area (Å²) in [4.78, 5) is 0.943.